The second-order valence-corrected chi connectivity index (χ2v) is 6.35. The minimum absolute atomic E-state index is 0.111. The summed E-state index contributed by atoms with van der Waals surface area (Å²) < 4.78 is 44.9. The monoisotopic (exact) mass is 303 g/mol. The van der Waals surface area contributed by atoms with Gasteiger partial charge in [-0.1, -0.05) is 0 Å². The van der Waals surface area contributed by atoms with Gasteiger partial charge in [0.15, 0.2) is 0 Å². The summed E-state index contributed by atoms with van der Waals surface area (Å²) in [5.74, 6) is -2.27. The molecule has 1 aromatic carbocycles. The second kappa shape index (κ2) is 5.47. The molecule has 6 nitrogen and oxygen atoms in total. The van der Waals surface area contributed by atoms with Gasteiger partial charge in [-0.3, -0.25) is 0 Å². The molecule has 8 heteroatoms. The molecule has 1 saturated heterocycles. The van der Waals surface area contributed by atoms with E-state index in [1.54, 1.807) is 6.92 Å². The van der Waals surface area contributed by atoms with Gasteiger partial charge in [0.05, 0.1) is 18.8 Å². The number of aromatic carboxylic acids is 1. The predicted molar refractivity (Wildman–Crippen MR) is 67.5 cm³/mol. The number of nitrogens with zero attached hydrogens (tertiary/aromatic N) is 1. The van der Waals surface area contributed by atoms with Crippen molar-refractivity contribution in [3.05, 3.63) is 29.6 Å². The van der Waals surface area contributed by atoms with E-state index < -0.39 is 32.7 Å². The SMILES string of the molecule is CC1COCCN1S(=O)(=O)c1cc(C(=O)O)ccc1F. The quantitative estimate of drug-likeness (QED) is 0.898. The number of halogens is 1. The van der Waals surface area contributed by atoms with Crippen LogP contribution in [0.2, 0.25) is 0 Å². The molecule has 1 aliphatic rings. The summed E-state index contributed by atoms with van der Waals surface area (Å²) in [4.78, 5) is 10.3. The van der Waals surface area contributed by atoms with E-state index in [1.165, 1.54) is 0 Å². The molecular formula is C12H14FNO5S. The molecule has 2 rings (SSSR count). The molecule has 0 saturated carbocycles. The van der Waals surface area contributed by atoms with Gasteiger partial charge in [-0.2, -0.15) is 4.31 Å². The lowest BCUT2D eigenvalue weighted by Gasteiger charge is -2.32. The molecule has 1 aliphatic heterocycles. The van der Waals surface area contributed by atoms with Gasteiger partial charge in [0.2, 0.25) is 10.0 Å². The summed E-state index contributed by atoms with van der Waals surface area (Å²) in [5, 5.41) is 8.88. The average molecular weight is 303 g/mol. The fourth-order valence-corrected chi connectivity index (χ4v) is 3.72. The standard InChI is InChI=1S/C12H14FNO5S/c1-8-7-19-5-4-14(8)20(17,18)11-6-9(12(15)16)2-3-10(11)13/h2-3,6,8H,4-5,7H2,1H3,(H,15,16). The highest BCUT2D eigenvalue weighted by atomic mass is 32.2. The van der Waals surface area contributed by atoms with Gasteiger partial charge in [0.1, 0.15) is 10.7 Å². The highest BCUT2D eigenvalue weighted by Crippen LogP contribution is 2.24. The molecule has 20 heavy (non-hydrogen) atoms. The number of carboxylic acids is 1. The zero-order valence-corrected chi connectivity index (χ0v) is 11.6. The molecule has 0 aliphatic carbocycles. The minimum atomic E-state index is -4.08. The maximum absolute atomic E-state index is 13.8. The number of morpholine rings is 1. The van der Waals surface area contributed by atoms with Crippen LogP contribution in [0.5, 0.6) is 0 Å². The maximum atomic E-state index is 13.8. The summed E-state index contributed by atoms with van der Waals surface area (Å²) in [6.45, 7) is 2.21. The lowest BCUT2D eigenvalue weighted by atomic mass is 10.2. The molecule has 1 N–H and O–H groups in total. The molecule has 0 amide bonds. The van der Waals surface area contributed by atoms with E-state index in [-0.39, 0.29) is 25.3 Å². The van der Waals surface area contributed by atoms with Crippen molar-refractivity contribution in [3.63, 3.8) is 0 Å². The fraction of sp³-hybridized carbons (Fsp3) is 0.417. The second-order valence-electron chi connectivity index (χ2n) is 4.49. The summed E-state index contributed by atoms with van der Waals surface area (Å²) >= 11 is 0. The van der Waals surface area contributed by atoms with Crippen LogP contribution in [0, 0.1) is 5.82 Å². The number of sulfonamides is 1. The molecular weight excluding hydrogens is 289 g/mol. The molecule has 1 unspecified atom stereocenters. The summed E-state index contributed by atoms with van der Waals surface area (Å²) in [6.07, 6.45) is 0. The Morgan fingerprint density at radius 1 is 1.50 bits per heavy atom. The summed E-state index contributed by atoms with van der Waals surface area (Å²) in [7, 11) is -4.08. The first-order chi connectivity index (χ1) is 9.34. The highest BCUT2D eigenvalue weighted by molar-refractivity contribution is 7.89. The van der Waals surface area contributed by atoms with Crippen molar-refractivity contribution in [1.82, 2.24) is 4.31 Å². The third-order valence-corrected chi connectivity index (χ3v) is 5.10. The van der Waals surface area contributed by atoms with Crippen LogP contribution in [0.1, 0.15) is 17.3 Å². The van der Waals surface area contributed by atoms with Crippen molar-refractivity contribution >= 4 is 16.0 Å². The Balaban J connectivity index is 2.48. The summed E-state index contributed by atoms with van der Waals surface area (Å²) in [6, 6.07) is 2.29. The lowest BCUT2D eigenvalue weighted by Crippen LogP contribution is -2.47. The van der Waals surface area contributed by atoms with Crippen molar-refractivity contribution < 1.29 is 27.4 Å². The van der Waals surface area contributed by atoms with E-state index in [4.69, 9.17) is 9.84 Å². The van der Waals surface area contributed by atoms with Crippen molar-refractivity contribution in [2.24, 2.45) is 0 Å². The maximum Gasteiger partial charge on any atom is 0.335 e. The Hall–Kier alpha value is -1.51. The molecule has 1 heterocycles. The van der Waals surface area contributed by atoms with E-state index >= 15 is 0 Å². The molecule has 1 atom stereocenters. The van der Waals surface area contributed by atoms with Crippen LogP contribution in [0.3, 0.4) is 0 Å². The van der Waals surface area contributed by atoms with Gasteiger partial charge in [-0.15, -0.1) is 0 Å². The Morgan fingerprint density at radius 2 is 2.20 bits per heavy atom. The smallest absolute Gasteiger partial charge is 0.335 e. The van der Waals surface area contributed by atoms with Crippen LogP contribution >= 0.6 is 0 Å². The van der Waals surface area contributed by atoms with Crippen molar-refractivity contribution in [2.45, 2.75) is 17.9 Å². The summed E-state index contributed by atoms with van der Waals surface area (Å²) in [5.41, 5.74) is -0.272. The van der Waals surface area contributed by atoms with Crippen LogP contribution in [0.25, 0.3) is 0 Å². The van der Waals surface area contributed by atoms with Gasteiger partial charge in [-0.25, -0.2) is 17.6 Å². The normalized spacial score (nSPS) is 20.8. The average Bonchev–Trinajstić information content (AvgIpc) is 2.39. The number of rotatable bonds is 3. The molecule has 0 spiro atoms. The number of carbonyl (C=O) groups is 1. The number of hydrogen-bond acceptors (Lipinski definition) is 4. The first kappa shape index (κ1) is 14.9. The Bertz CT molecular complexity index is 631. The molecule has 0 aromatic heterocycles. The van der Waals surface area contributed by atoms with Gasteiger partial charge in [0.25, 0.3) is 0 Å². The van der Waals surface area contributed by atoms with Crippen LogP contribution < -0.4 is 0 Å². The van der Waals surface area contributed by atoms with Gasteiger partial charge in [-0.05, 0) is 25.1 Å². The number of benzene rings is 1. The Kier molecular flexibility index (Phi) is 4.07. The van der Waals surface area contributed by atoms with Crippen LogP contribution in [-0.4, -0.2) is 49.6 Å². The Morgan fingerprint density at radius 3 is 2.80 bits per heavy atom. The van der Waals surface area contributed by atoms with Crippen molar-refractivity contribution in [2.75, 3.05) is 19.8 Å². The largest absolute Gasteiger partial charge is 0.478 e. The van der Waals surface area contributed by atoms with Crippen LogP contribution in [-0.2, 0) is 14.8 Å². The molecule has 1 fully saturated rings. The van der Waals surface area contributed by atoms with Crippen molar-refractivity contribution in [3.8, 4) is 0 Å². The molecule has 110 valence electrons. The van der Waals surface area contributed by atoms with E-state index in [1.807, 2.05) is 0 Å². The van der Waals surface area contributed by atoms with Crippen molar-refractivity contribution in [1.29, 1.82) is 0 Å². The van der Waals surface area contributed by atoms with Gasteiger partial charge >= 0.3 is 5.97 Å². The van der Waals surface area contributed by atoms with Gasteiger partial charge < -0.3 is 9.84 Å². The lowest BCUT2D eigenvalue weighted by molar-refractivity contribution is 0.0392. The zero-order valence-electron chi connectivity index (χ0n) is 10.7. The third kappa shape index (κ3) is 2.67. The topological polar surface area (TPSA) is 83.9 Å². The van der Waals surface area contributed by atoms with E-state index in [0.717, 1.165) is 22.5 Å². The number of carboxylic acid groups (broad SMARTS) is 1. The number of ether oxygens (including phenoxy) is 1. The molecule has 0 radical (unpaired) electrons. The zero-order chi connectivity index (χ0) is 14.9. The number of hydrogen-bond donors (Lipinski definition) is 1. The van der Waals surface area contributed by atoms with E-state index in [0.29, 0.717) is 0 Å². The molecule has 1 aromatic rings. The first-order valence-electron chi connectivity index (χ1n) is 5.96. The molecule has 0 bridgehead atoms. The van der Waals surface area contributed by atoms with Crippen LogP contribution in [0.15, 0.2) is 23.1 Å². The highest BCUT2D eigenvalue weighted by Gasteiger charge is 2.33. The first-order valence-corrected chi connectivity index (χ1v) is 7.40. The minimum Gasteiger partial charge on any atom is -0.478 e. The van der Waals surface area contributed by atoms with Gasteiger partial charge in [0, 0.05) is 12.6 Å². The van der Waals surface area contributed by atoms with Crippen LogP contribution in [0.4, 0.5) is 4.39 Å². The van der Waals surface area contributed by atoms with E-state index in [2.05, 4.69) is 0 Å². The Labute approximate surface area is 115 Å². The third-order valence-electron chi connectivity index (χ3n) is 3.07. The van der Waals surface area contributed by atoms with E-state index in [9.17, 15) is 17.6 Å². The predicted octanol–water partition coefficient (Wildman–Crippen LogP) is 0.933. The fourth-order valence-electron chi connectivity index (χ4n) is 2.03.